The smallest absolute Gasteiger partial charge is 0.349 e. The maximum absolute atomic E-state index is 12.4. The number of thiophene rings is 1. The van der Waals surface area contributed by atoms with Crippen LogP contribution in [0.25, 0.3) is 11.1 Å². The molecule has 26 heavy (non-hydrogen) atoms. The molecular weight excluding hydrogens is 352 g/mol. The molecule has 0 N–H and O–H groups in total. The number of ether oxygens (including phenoxy) is 1. The van der Waals surface area contributed by atoms with E-state index >= 15 is 0 Å². The number of hydrogen-bond donors (Lipinski definition) is 0. The van der Waals surface area contributed by atoms with E-state index in [2.05, 4.69) is 0 Å². The monoisotopic (exact) mass is 372 g/mol. The molecule has 0 atom stereocenters. The van der Waals surface area contributed by atoms with Gasteiger partial charge in [0, 0.05) is 38.7 Å². The van der Waals surface area contributed by atoms with Crippen LogP contribution in [-0.4, -0.2) is 60.4 Å². The average Bonchev–Trinajstić information content (AvgIpc) is 3.16. The highest BCUT2D eigenvalue weighted by Gasteiger charge is 2.24. The Morgan fingerprint density at radius 3 is 2.31 bits per heavy atom. The van der Waals surface area contributed by atoms with Gasteiger partial charge >= 0.3 is 5.97 Å². The molecule has 1 aliphatic heterocycles. The van der Waals surface area contributed by atoms with Gasteiger partial charge in [-0.25, -0.2) is 4.79 Å². The molecule has 0 spiro atoms. The lowest BCUT2D eigenvalue weighted by atomic mass is 10.1. The van der Waals surface area contributed by atoms with Crippen LogP contribution in [0.5, 0.6) is 0 Å². The fraction of sp³-hybridized carbons (Fsp3) is 0.316. The van der Waals surface area contributed by atoms with E-state index in [1.807, 2.05) is 41.8 Å². The molecule has 1 fully saturated rings. The molecule has 0 bridgehead atoms. The second-order valence-corrected chi connectivity index (χ2v) is 6.91. The van der Waals surface area contributed by atoms with Gasteiger partial charge in [-0.15, -0.1) is 11.3 Å². The molecule has 1 saturated heterocycles. The molecule has 0 aliphatic carbocycles. The highest BCUT2D eigenvalue weighted by Crippen LogP contribution is 2.28. The highest BCUT2D eigenvalue weighted by molar-refractivity contribution is 7.12. The van der Waals surface area contributed by atoms with Crippen LogP contribution in [0.2, 0.25) is 0 Å². The lowest BCUT2D eigenvalue weighted by Crippen LogP contribution is -2.51. The van der Waals surface area contributed by atoms with Crippen molar-refractivity contribution >= 4 is 29.1 Å². The minimum Gasteiger partial charge on any atom is -0.451 e. The lowest BCUT2D eigenvalue weighted by Gasteiger charge is -2.34. The van der Waals surface area contributed by atoms with Gasteiger partial charge in [0.05, 0.1) is 0 Å². The Balaban J connectivity index is 1.56. The fourth-order valence-corrected chi connectivity index (χ4v) is 3.68. The number of amides is 2. The van der Waals surface area contributed by atoms with Gasteiger partial charge in [-0.05, 0) is 17.0 Å². The van der Waals surface area contributed by atoms with Crippen molar-refractivity contribution in [3.63, 3.8) is 0 Å². The summed E-state index contributed by atoms with van der Waals surface area (Å²) in [6.45, 7) is 3.18. The maximum atomic E-state index is 12.4. The zero-order valence-corrected chi connectivity index (χ0v) is 15.3. The van der Waals surface area contributed by atoms with Crippen molar-refractivity contribution in [1.82, 2.24) is 9.80 Å². The van der Waals surface area contributed by atoms with E-state index < -0.39 is 5.97 Å². The summed E-state index contributed by atoms with van der Waals surface area (Å²) in [4.78, 5) is 39.8. The Morgan fingerprint density at radius 1 is 1.00 bits per heavy atom. The molecule has 0 saturated carbocycles. The number of carbonyl (C=O) groups excluding carboxylic acids is 3. The van der Waals surface area contributed by atoms with E-state index in [0.717, 1.165) is 11.1 Å². The van der Waals surface area contributed by atoms with Crippen molar-refractivity contribution in [2.24, 2.45) is 0 Å². The minimum absolute atomic E-state index is 0.00895. The van der Waals surface area contributed by atoms with Gasteiger partial charge in [-0.3, -0.25) is 9.59 Å². The van der Waals surface area contributed by atoms with Crippen LogP contribution >= 0.6 is 11.3 Å². The molecule has 1 aromatic carbocycles. The topological polar surface area (TPSA) is 66.9 Å². The quantitative estimate of drug-likeness (QED) is 0.772. The van der Waals surface area contributed by atoms with Gasteiger partial charge in [-0.2, -0.15) is 0 Å². The number of piperazine rings is 1. The molecule has 2 aromatic rings. The minimum atomic E-state index is -0.491. The third-order valence-corrected chi connectivity index (χ3v) is 5.23. The lowest BCUT2D eigenvalue weighted by molar-refractivity contribution is -0.140. The highest BCUT2D eigenvalue weighted by atomic mass is 32.1. The average molecular weight is 372 g/mol. The molecular formula is C19H20N2O4S. The van der Waals surface area contributed by atoms with Crippen LogP contribution in [0.4, 0.5) is 0 Å². The molecule has 1 aliphatic rings. The van der Waals surface area contributed by atoms with Gasteiger partial charge in [0.1, 0.15) is 4.88 Å². The van der Waals surface area contributed by atoms with Crippen LogP contribution in [0, 0.1) is 0 Å². The Bertz CT molecular complexity index is 795. The molecule has 2 heterocycles. The SMILES string of the molecule is CC(=O)N1CCN(C(=O)COC(=O)c2sccc2-c2ccccc2)CC1. The van der Waals surface area contributed by atoms with Gasteiger partial charge in [0.2, 0.25) is 5.91 Å². The van der Waals surface area contributed by atoms with Crippen molar-refractivity contribution in [1.29, 1.82) is 0 Å². The van der Waals surface area contributed by atoms with Gasteiger partial charge in [0.15, 0.2) is 6.61 Å². The number of rotatable bonds is 4. The number of benzene rings is 1. The molecule has 3 rings (SSSR count). The summed E-state index contributed by atoms with van der Waals surface area (Å²) in [5.74, 6) is -0.719. The summed E-state index contributed by atoms with van der Waals surface area (Å²) in [6.07, 6.45) is 0. The molecule has 136 valence electrons. The second kappa shape index (κ2) is 8.14. The third-order valence-electron chi connectivity index (χ3n) is 4.34. The molecule has 6 nitrogen and oxygen atoms in total. The van der Waals surface area contributed by atoms with E-state index in [-0.39, 0.29) is 18.4 Å². The van der Waals surface area contributed by atoms with Crippen molar-refractivity contribution < 1.29 is 19.1 Å². The van der Waals surface area contributed by atoms with Crippen LogP contribution in [-0.2, 0) is 14.3 Å². The van der Waals surface area contributed by atoms with E-state index in [1.165, 1.54) is 18.3 Å². The van der Waals surface area contributed by atoms with E-state index in [0.29, 0.717) is 31.1 Å². The Kier molecular flexibility index (Phi) is 5.68. The second-order valence-electron chi connectivity index (χ2n) is 5.99. The zero-order valence-electron chi connectivity index (χ0n) is 14.5. The van der Waals surface area contributed by atoms with Crippen LogP contribution in [0.3, 0.4) is 0 Å². The predicted octanol–water partition coefficient (Wildman–Crippen LogP) is 2.26. The summed E-state index contributed by atoms with van der Waals surface area (Å²) >= 11 is 1.30. The first-order valence-electron chi connectivity index (χ1n) is 8.39. The number of carbonyl (C=O) groups is 3. The first-order chi connectivity index (χ1) is 12.6. The fourth-order valence-electron chi connectivity index (χ4n) is 2.87. The summed E-state index contributed by atoms with van der Waals surface area (Å²) in [5.41, 5.74) is 1.75. The first kappa shape index (κ1) is 18.1. The maximum Gasteiger partial charge on any atom is 0.349 e. The summed E-state index contributed by atoms with van der Waals surface area (Å²) < 4.78 is 5.24. The molecule has 7 heteroatoms. The van der Waals surface area contributed by atoms with Crippen molar-refractivity contribution in [3.8, 4) is 11.1 Å². The van der Waals surface area contributed by atoms with E-state index in [4.69, 9.17) is 4.74 Å². The zero-order chi connectivity index (χ0) is 18.5. The number of nitrogens with zero attached hydrogens (tertiary/aromatic N) is 2. The summed E-state index contributed by atoms with van der Waals surface area (Å²) in [5, 5.41) is 1.84. The van der Waals surface area contributed by atoms with Crippen molar-refractivity contribution in [2.75, 3.05) is 32.8 Å². The Morgan fingerprint density at radius 2 is 1.65 bits per heavy atom. The normalized spacial score (nSPS) is 14.2. The molecule has 2 amide bonds. The van der Waals surface area contributed by atoms with Crippen LogP contribution in [0.1, 0.15) is 16.6 Å². The number of hydrogen-bond acceptors (Lipinski definition) is 5. The van der Waals surface area contributed by atoms with Gasteiger partial charge in [0.25, 0.3) is 5.91 Å². The number of esters is 1. The predicted molar refractivity (Wildman–Crippen MR) is 98.9 cm³/mol. The molecule has 1 aromatic heterocycles. The van der Waals surface area contributed by atoms with Crippen LogP contribution < -0.4 is 0 Å². The van der Waals surface area contributed by atoms with Crippen LogP contribution in [0.15, 0.2) is 41.8 Å². The summed E-state index contributed by atoms with van der Waals surface area (Å²) in [6, 6.07) is 11.5. The largest absolute Gasteiger partial charge is 0.451 e. The standard InChI is InChI=1S/C19H20N2O4S/c1-14(22)20-8-10-21(11-9-20)17(23)13-25-19(24)18-16(7-12-26-18)15-5-3-2-4-6-15/h2-7,12H,8-11,13H2,1H3. The van der Waals surface area contributed by atoms with Gasteiger partial charge < -0.3 is 14.5 Å². The first-order valence-corrected chi connectivity index (χ1v) is 9.27. The summed E-state index contributed by atoms with van der Waals surface area (Å²) in [7, 11) is 0. The molecule has 0 radical (unpaired) electrons. The van der Waals surface area contributed by atoms with Crippen molar-refractivity contribution in [3.05, 3.63) is 46.7 Å². The Hall–Kier alpha value is -2.67. The van der Waals surface area contributed by atoms with Crippen molar-refractivity contribution in [2.45, 2.75) is 6.92 Å². The van der Waals surface area contributed by atoms with Gasteiger partial charge in [-0.1, -0.05) is 30.3 Å². The Labute approximate surface area is 156 Å². The third kappa shape index (κ3) is 4.11. The molecule has 0 unspecified atom stereocenters. The van der Waals surface area contributed by atoms with E-state index in [9.17, 15) is 14.4 Å². The van der Waals surface area contributed by atoms with E-state index in [1.54, 1.807) is 9.80 Å².